The third-order valence-corrected chi connectivity index (χ3v) is 4.41. The second-order valence-electron chi connectivity index (χ2n) is 4.72. The van der Waals surface area contributed by atoms with Gasteiger partial charge in [-0.1, -0.05) is 6.92 Å². The van der Waals surface area contributed by atoms with Crippen LogP contribution in [0, 0.1) is 5.92 Å². The van der Waals surface area contributed by atoms with Gasteiger partial charge in [0.2, 0.25) is 10.0 Å². The molecule has 1 rings (SSSR count). The molecule has 0 aliphatic carbocycles. The summed E-state index contributed by atoms with van der Waals surface area (Å²) in [6.45, 7) is 1.94. The van der Waals surface area contributed by atoms with Crippen LogP contribution in [0.15, 0.2) is 23.1 Å². The number of nitrogen functional groups attached to an aromatic ring is 1. The summed E-state index contributed by atoms with van der Waals surface area (Å²) >= 11 is 0. The van der Waals surface area contributed by atoms with Crippen molar-refractivity contribution in [2.45, 2.75) is 18.2 Å². The van der Waals surface area contributed by atoms with Crippen LogP contribution in [0.4, 0.5) is 5.69 Å². The number of carbonyl (C=O) groups is 1. The molecule has 0 amide bonds. The summed E-state index contributed by atoms with van der Waals surface area (Å²) in [7, 11) is -2.72. The Kier molecular flexibility index (Phi) is 6.13. The standard InChI is InChI=1S/C13H20N2O5S/c1-9(5-6-16)8-15-21(18,19)12-7-10(14)3-4-11(12)13(17)20-2/h3-4,7,9,15-16H,5-6,8,14H2,1-2H3. The number of nitrogens with two attached hydrogens (primary N) is 1. The van der Waals surface area contributed by atoms with E-state index >= 15 is 0 Å². The molecule has 0 saturated heterocycles. The minimum Gasteiger partial charge on any atom is -0.465 e. The molecule has 0 bridgehead atoms. The van der Waals surface area contributed by atoms with Crippen LogP contribution >= 0.6 is 0 Å². The van der Waals surface area contributed by atoms with Crippen molar-refractivity contribution in [2.24, 2.45) is 5.92 Å². The fourth-order valence-electron chi connectivity index (χ4n) is 1.69. The van der Waals surface area contributed by atoms with E-state index in [0.717, 1.165) is 0 Å². The average Bonchev–Trinajstić information content (AvgIpc) is 2.44. The molecular weight excluding hydrogens is 296 g/mol. The molecular formula is C13H20N2O5S. The zero-order chi connectivity index (χ0) is 16.0. The molecule has 1 aromatic carbocycles. The van der Waals surface area contributed by atoms with Crippen molar-refractivity contribution >= 4 is 21.7 Å². The lowest BCUT2D eigenvalue weighted by Crippen LogP contribution is -2.30. The maximum Gasteiger partial charge on any atom is 0.339 e. The SMILES string of the molecule is COC(=O)c1ccc(N)cc1S(=O)(=O)NCC(C)CCO. The van der Waals surface area contributed by atoms with E-state index in [1.165, 1.54) is 25.3 Å². The monoisotopic (exact) mass is 316 g/mol. The van der Waals surface area contributed by atoms with E-state index in [4.69, 9.17) is 10.8 Å². The molecule has 4 N–H and O–H groups in total. The Morgan fingerprint density at radius 1 is 1.48 bits per heavy atom. The number of esters is 1. The molecule has 0 aromatic heterocycles. The first-order chi connectivity index (χ1) is 9.81. The van der Waals surface area contributed by atoms with Gasteiger partial charge in [-0.15, -0.1) is 0 Å². The van der Waals surface area contributed by atoms with E-state index in [2.05, 4.69) is 9.46 Å². The van der Waals surface area contributed by atoms with Crippen LogP contribution in [0.3, 0.4) is 0 Å². The van der Waals surface area contributed by atoms with Gasteiger partial charge in [-0.2, -0.15) is 0 Å². The lowest BCUT2D eigenvalue weighted by Gasteiger charge is -2.14. The quantitative estimate of drug-likeness (QED) is 0.493. The van der Waals surface area contributed by atoms with Crippen LogP contribution in [0.1, 0.15) is 23.7 Å². The molecule has 0 saturated carbocycles. The van der Waals surface area contributed by atoms with Crippen molar-refractivity contribution in [2.75, 3.05) is 26.0 Å². The number of hydrogen-bond donors (Lipinski definition) is 3. The predicted octanol–water partition coefficient (Wildman–Crippen LogP) is 0.352. The van der Waals surface area contributed by atoms with Gasteiger partial charge in [0.05, 0.1) is 17.6 Å². The second kappa shape index (κ2) is 7.39. The van der Waals surface area contributed by atoms with Crippen LogP contribution in [-0.2, 0) is 14.8 Å². The van der Waals surface area contributed by atoms with Gasteiger partial charge in [-0.3, -0.25) is 0 Å². The molecule has 0 spiro atoms. The number of anilines is 1. The van der Waals surface area contributed by atoms with E-state index in [0.29, 0.717) is 6.42 Å². The summed E-state index contributed by atoms with van der Waals surface area (Å²) < 4.78 is 31.6. The highest BCUT2D eigenvalue weighted by Gasteiger charge is 2.23. The van der Waals surface area contributed by atoms with Crippen molar-refractivity contribution in [1.29, 1.82) is 0 Å². The number of nitrogens with one attached hydrogen (secondary N) is 1. The van der Waals surface area contributed by atoms with Gasteiger partial charge in [0, 0.05) is 18.8 Å². The van der Waals surface area contributed by atoms with E-state index < -0.39 is 16.0 Å². The minimum atomic E-state index is -3.89. The van der Waals surface area contributed by atoms with Gasteiger partial charge >= 0.3 is 5.97 Å². The Hall–Kier alpha value is -1.64. The van der Waals surface area contributed by atoms with Gasteiger partial charge in [-0.25, -0.2) is 17.9 Å². The number of aliphatic hydroxyl groups is 1. The molecule has 21 heavy (non-hydrogen) atoms. The summed E-state index contributed by atoms with van der Waals surface area (Å²) in [4.78, 5) is 11.4. The summed E-state index contributed by atoms with van der Waals surface area (Å²) in [6.07, 6.45) is 0.476. The topological polar surface area (TPSA) is 119 Å². The molecule has 118 valence electrons. The van der Waals surface area contributed by atoms with Crippen molar-refractivity contribution in [1.82, 2.24) is 4.72 Å². The molecule has 8 heteroatoms. The zero-order valence-electron chi connectivity index (χ0n) is 12.0. The first-order valence-corrected chi connectivity index (χ1v) is 7.88. The highest BCUT2D eigenvalue weighted by Crippen LogP contribution is 2.20. The summed E-state index contributed by atoms with van der Waals surface area (Å²) in [5.74, 6) is -0.786. The maximum atomic E-state index is 12.3. The number of benzene rings is 1. The molecule has 1 aromatic rings. The number of methoxy groups -OCH3 is 1. The lowest BCUT2D eigenvalue weighted by atomic mass is 10.1. The lowest BCUT2D eigenvalue weighted by molar-refractivity contribution is 0.0596. The largest absolute Gasteiger partial charge is 0.465 e. The third-order valence-electron chi connectivity index (χ3n) is 2.94. The smallest absolute Gasteiger partial charge is 0.339 e. The highest BCUT2D eigenvalue weighted by atomic mass is 32.2. The van der Waals surface area contributed by atoms with Crippen molar-refractivity contribution < 1.29 is 23.1 Å². The van der Waals surface area contributed by atoms with Crippen LogP contribution in [-0.4, -0.2) is 39.8 Å². The van der Waals surface area contributed by atoms with Gasteiger partial charge < -0.3 is 15.6 Å². The van der Waals surface area contributed by atoms with Crippen LogP contribution in [0.5, 0.6) is 0 Å². The molecule has 0 aliphatic heterocycles. The summed E-state index contributed by atoms with van der Waals surface area (Å²) in [5, 5.41) is 8.81. The van der Waals surface area contributed by atoms with E-state index in [1.54, 1.807) is 6.92 Å². The van der Waals surface area contributed by atoms with Gasteiger partial charge in [0.15, 0.2) is 0 Å². The predicted molar refractivity (Wildman–Crippen MR) is 78.2 cm³/mol. The molecule has 1 unspecified atom stereocenters. The number of sulfonamides is 1. The summed E-state index contributed by atoms with van der Waals surface area (Å²) in [6, 6.07) is 3.96. The first-order valence-electron chi connectivity index (χ1n) is 6.40. The van der Waals surface area contributed by atoms with Crippen molar-refractivity contribution in [3.8, 4) is 0 Å². The first kappa shape index (κ1) is 17.4. The maximum absolute atomic E-state index is 12.3. The van der Waals surface area contributed by atoms with Gasteiger partial charge in [0.25, 0.3) is 0 Å². The Morgan fingerprint density at radius 2 is 2.14 bits per heavy atom. The molecule has 0 heterocycles. The number of aliphatic hydroxyl groups excluding tert-OH is 1. The second-order valence-corrected chi connectivity index (χ2v) is 6.45. The van der Waals surface area contributed by atoms with Gasteiger partial charge in [0.1, 0.15) is 0 Å². The molecule has 0 aliphatic rings. The average molecular weight is 316 g/mol. The van der Waals surface area contributed by atoms with Crippen LogP contribution in [0.25, 0.3) is 0 Å². The Morgan fingerprint density at radius 3 is 2.71 bits per heavy atom. The number of rotatable bonds is 7. The number of ether oxygens (including phenoxy) is 1. The highest BCUT2D eigenvalue weighted by molar-refractivity contribution is 7.89. The molecule has 0 radical (unpaired) electrons. The van der Waals surface area contributed by atoms with E-state index in [-0.39, 0.29) is 35.2 Å². The molecule has 1 atom stereocenters. The normalized spacial score (nSPS) is 12.9. The van der Waals surface area contributed by atoms with E-state index in [9.17, 15) is 13.2 Å². The fraction of sp³-hybridized carbons (Fsp3) is 0.462. The Bertz CT molecular complexity index is 601. The zero-order valence-corrected chi connectivity index (χ0v) is 12.8. The van der Waals surface area contributed by atoms with Crippen LogP contribution in [0.2, 0.25) is 0 Å². The molecule has 7 nitrogen and oxygen atoms in total. The minimum absolute atomic E-state index is 0.0193. The van der Waals surface area contributed by atoms with Crippen LogP contribution < -0.4 is 10.5 Å². The third kappa shape index (κ3) is 4.69. The Balaban J connectivity index is 3.07. The molecule has 0 fully saturated rings. The van der Waals surface area contributed by atoms with E-state index in [1.807, 2.05) is 0 Å². The van der Waals surface area contributed by atoms with Crippen molar-refractivity contribution in [3.05, 3.63) is 23.8 Å². The number of hydrogen-bond acceptors (Lipinski definition) is 6. The Labute approximate surface area is 124 Å². The number of carbonyl (C=O) groups excluding carboxylic acids is 1. The van der Waals surface area contributed by atoms with Crippen molar-refractivity contribution in [3.63, 3.8) is 0 Å². The van der Waals surface area contributed by atoms with Gasteiger partial charge in [-0.05, 0) is 30.5 Å². The summed E-state index contributed by atoms with van der Waals surface area (Å²) in [5.41, 5.74) is 5.75. The fourth-order valence-corrected chi connectivity index (χ4v) is 3.08.